The van der Waals surface area contributed by atoms with E-state index in [4.69, 9.17) is 0 Å². The van der Waals surface area contributed by atoms with E-state index in [1.165, 1.54) is 18.0 Å². The Morgan fingerprint density at radius 1 is 1.26 bits per heavy atom. The summed E-state index contributed by atoms with van der Waals surface area (Å²) in [5, 5.41) is 14.7. The van der Waals surface area contributed by atoms with Crippen LogP contribution < -0.4 is 10.9 Å². The van der Waals surface area contributed by atoms with E-state index in [9.17, 15) is 14.9 Å². The van der Waals surface area contributed by atoms with E-state index in [2.05, 4.69) is 32.3 Å². The van der Waals surface area contributed by atoms with Crippen LogP contribution in [0.3, 0.4) is 0 Å². The fourth-order valence-corrected chi connectivity index (χ4v) is 2.94. The molecule has 0 atom stereocenters. The normalized spacial score (nSPS) is 11.0. The molecule has 0 unspecified atom stereocenters. The van der Waals surface area contributed by atoms with Crippen molar-refractivity contribution in [1.29, 1.82) is 0 Å². The maximum atomic E-state index is 11.8. The third-order valence-corrected chi connectivity index (χ3v) is 4.28. The number of rotatable bonds is 8. The zero-order chi connectivity index (χ0) is 19.2. The molecule has 0 aliphatic rings. The van der Waals surface area contributed by atoms with Crippen molar-refractivity contribution in [3.8, 4) is 0 Å². The highest BCUT2D eigenvalue weighted by molar-refractivity contribution is 5.86. The van der Waals surface area contributed by atoms with Crippen molar-refractivity contribution in [3.05, 3.63) is 74.8 Å². The lowest BCUT2D eigenvalue weighted by Gasteiger charge is -2.17. The maximum Gasteiger partial charge on any atom is 0.293 e. The summed E-state index contributed by atoms with van der Waals surface area (Å²) in [4.78, 5) is 31.4. The van der Waals surface area contributed by atoms with Gasteiger partial charge in [0, 0.05) is 19.2 Å². The Hall–Kier alpha value is -3.26. The van der Waals surface area contributed by atoms with Crippen molar-refractivity contribution < 1.29 is 4.92 Å². The van der Waals surface area contributed by atoms with Gasteiger partial charge in [0.05, 0.1) is 22.2 Å². The van der Waals surface area contributed by atoms with Crippen LogP contribution in [0, 0.1) is 10.1 Å². The predicted octanol–water partition coefficient (Wildman–Crippen LogP) is 2.77. The Morgan fingerprint density at radius 2 is 2.04 bits per heavy atom. The van der Waals surface area contributed by atoms with E-state index in [1.54, 1.807) is 6.07 Å². The minimum atomic E-state index is -0.490. The van der Waals surface area contributed by atoms with Crippen molar-refractivity contribution >= 4 is 22.3 Å². The molecule has 8 heteroatoms. The Morgan fingerprint density at radius 3 is 2.78 bits per heavy atom. The summed E-state index contributed by atoms with van der Waals surface area (Å²) in [6.45, 7) is 2.28. The molecule has 0 bridgehead atoms. The molecular weight excluding hydrogens is 346 g/mol. The number of hydrogen-bond donors (Lipinski definition) is 2. The monoisotopic (exact) mass is 367 g/mol. The van der Waals surface area contributed by atoms with Gasteiger partial charge in [-0.05, 0) is 31.6 Å². The van der Waals surface area contributed by atoms with Gasteiger partial charge in [0.1, 0.15) is 5.69 Å². The molecule has 0 saturated carbocycles. The molecule has 0 aliphatic heterocycles. The number of aromatic amines is 1. The van der Waals surface area contributed by atoms with Gasteiger partial charge in [-0.1, -0.05) is 30.3 Å². The minimum Gasteiger partial charge on any atom is -0.379 e. The van der Waals surface area contributed by atoms with Gasteiger partial charge in [-0.2, -0.15) is 0 Å². The standard InChI is InChI=1S/C19H21N5O3/c1-23(12-14-6-3-2-4-7-14)9-5-8-20-17-11-16-15(10-18(17)24(26)27)19(25)22-13-21-16/h2-4,6-7,10-11,13,20H,5,8-9,12H2,1H3,(H,21,22,25). The summed E-state index contributed by atoms with van der Waals surface area (Å²) in [5.41, 5.74) is 1.52. The molecule has 0 spiro atoms. The van der Waals surface area contributed by atoms with E-state index in [-0.39, 0.29) is 11.1 Å². The number of fused-ring (bicyclic) bond motifs is 1. The van der Waals surface area contributed by atoms with Crippen LogP contribution >= 0.6 is 0 Å². The molecule has 0 radical (unpaired) electrons. The second-order valence-corrected chi connectivity index (χ2v) is 6.38. The van der Waals surface area contributed by atoms with Gasteiger partial charge < -0.3 is 15.2 Å². The lowest BCUT2D eigenvalue weighted by Crippen LogP contribution is -2.21. The molecule has 0 saturated heterocycles. The Kier molecular flexibility index (Phi) is 5.77. The Labute approximate surface area is 156 Å². The number of nitro benzene ring substituents is 1. The van der Waals surface area contributed by atoms with Gasteiger partial charge in [0.25, 0.3) is 11.2 Å². The highest BCUT2D eigenvalue weighted by Gasteiger charge is 2.16. The lowest BCUT2D eigenvalue weighted by atomic mass is 10.2. The van der Waals surface area contributed by atoms with Gasteiger partial charge in [0.2, 0.25) is 0 Å². The molecule has 2 N–H and O–H groups in total. The first-order chi connectivity index (χ1) is 13.0. The highest BCUT2D eigenvalue weighted by Crippen LogP contribution is 2.27. The number of anilines is 1. The van der Waals surface area contributed by atoms with Crippen LogP contribution in [0.15, 0.2) is 53.6 Å². The molecule has 1 aromatic heterocycles. The maximum absolute atomic E-state index is 11.8. The summed E-state index contributed by atoms with van der Waals surface area (Å²) in [7, 11) is 2.04. The lowest BCUT2D eigenvalue weighted by molar-refractivity contribution is -0.383. The van der Waals surface area contributed by atoms with E-state index in [0.29, 0.717) is 17.7 Å². The summed E-state index contributed by atoms with van der Waals surface area (Å²) in [5.74, 6) is 0. The van der Waals surface area contributed by atoms with E-state index >= 15 is 0 Å². The molecule has 27 heavy (non-hydrogen) atoms. The number of aromatic nitrogens is 2. The van der Waals surface area contributed by atoms with Crippen LogP contribution in [0.25, 0.3) is 10.9 Å². The molecule has 140 valence electrons. The largest absolute Gasteiger partial charge is 0.379 e. The second kappa shape index (κ2) is 8.41. The average molecular weight is 367 g/mol. The first-order valence-electron chi connectivity index (χ1n) is 8.67. The minimum absolute atomic E-state index is 0.126. The summed E-state index contributed by atoms with van der Waals surface area (Å²) in [6.07, 6.45) is 2.11. The van der Waals surface area contributed by atoms with Crippen molar-refractivity contribution in [2.24, 2.45) is 0 Å². The smallest absolute Gasteiger partial charge is 0.293 e. The number of nitrogens with one attached hydrogen (secondary N) is 2. The van der Waals surface area contributed by atoms with Crippen LogP contribution in [-0.2, 0) is 6.54 Å². The zero-order valence-electron chi connectivity index (χ0n) is 15.0. The van der Waals surface area contributed by atoms with Gasteiger partial charge in [-0.15, -0.1) is 0 Å². The van der Waals surface area contributed by atoms with Crippen molar-refractivity contribution in [2.45, 2.75) is 13.0 Å². The molecule has 8 nitrogen and oxygen atoms in total. The second-order valence-electron chi connectivity index (χ2n) is 6.38. The molecule has 0 aliphatic carbocycles. The third-order valence-electron chi connectivity index (χ3n) is 4.28. The van der Waals surface area contributed by atoms with Crippen LogP contribution in [0.5, 0.6) is 0 Å². The molecule has 2 aromatic carbocycles. The fourth-order valence-electron chi connectivity index (χ4n) is 2.94. The molecule has 0 fully saturated rings. The van der Waals surface area contributed by atoms with Gasteiger partial charge >= 0.3 is 0 Å². The molecule has 0 amide bonds. The number of hydrogen-bond acceptors (Lipinski definition) is 6. The average Bonchev–Trinajstić information content (AvgIpc) is 2.65. The summed E-state index contributed by atoms with van der Waals surface area (Å²) >= 11 is 0. The van der Waals surface area contributed by atoms with E-state index in [0.717, 1.165) is 19.5 Å². The van der Waals surface area contributed by atoms with Gasteiger partial charge in [-0.25, -0.2) is 4.98 Å². The van der Waals surface area contributed by atoms with Crippen molar-refractivity contribution in [3.63, 3.8) is 0 Å². The van der Waals surface area contributed by atoms with Crippen LogP contribution in [0.4, 0.5) is 11.4 Å². The molecule has 3 aromatic rings. The van der Waals surface area contributed by atoms with E-state index < -0.39 is 10.5 Å². The molecule has 1 heterocycles. The van der Waals surface area contributed by atoms with Crippen LogP contribution in [-0.4, -0.2) is 39.9 Å². The van der Waals surface area contributed by atoms with Crippen LogP contribution in [0.2, 0.25) is 0 Å². The first kappa shape index (κ1) is 18.5. The topological polar surface area (TPSA) is 104 Å². The SMILES string of the molecule is CN(CCCNc1cc2nc[nH]c(=O)c2cc1[N+](=O)[O-])Cc1ccccc1. The fraction of sp³-hybridized carbons (Fsp3) is 0.263. The zero-order valence-corrected chi connectivity index (χ0v) is 15.0. The summed E-state index contributed by atoms with van der Waals surface area (Å²) in [6, 6.07) is 13.0. The Bertz CT molecular complexity index is 988. The number of nitro groups is 1. The Balaban J connectivity index is 1.62. The number of nitrogens with zero attached hydrogens (tertiary/aromatic N) is 3. The van der Waals surface area contributed by atoms with Crippen LogP contribution in [0.1, 0.15) is 12.0 Å². The third kappa shape index (κ3) is 4.68. The van der Waals surface area contributed by atoms with E-state index in [1.807, 2.05) is 25.2 Å². The van der Waals surface area contributed by atoms with Crippen molar-refractivity contribution in [1.82, 2.24) is 14.9 Å². The highest BCUT2D eigenvalue weighted by atomic mass is 16.6. The van der Waals surface area contributed by atoms with Gasteiger partial charge in [0.15, 0.2) is 0 Å². The molecular formula is C19H21N5O3. The number of benzene rings is 2. The molecule has 3 rings (SSSR count). The first-order valence-corrected chi connectivity index (χ1v) is 8.67. The summed E-state index contributed by atoms with van der Waals surface area (Å²) < 4.78 is 0. The van der Waals surface area contributed by atoms with Gasteiger partial charge in [-0.3, -0.25) is 14.9 Å². The van der Waals surface area contributed by atoms with Crippen molar-refractivity contribution in [2.75, 3.05) is 25.5 Å². The quantitative estimate of drug-likeness (QED) is 0.360. The predicted molar refractivity (Wildman–Crippen MR) is 105 cm³/mol. The number of H-pyrrole nitrogens is 1.